The number of amides is 1. The molecule has 0 aliphatic rings. The molecule has 1 aromatic carbocycles. The van der Waals surface area contributed by atoms with Gasteiger partial charge in [0.15, 0.2) is 0 Å². The number of hydrogen-bond donors (Lipinski definition) is 1. The molecule has 1 heterocycles. The van der Waals surface area contributed by atoms with Crippen molar-refractivity contribution in [2.45, 2.75) is 26.4 Å². The molecule has 23 heavy (non-hydrogen) atoms. The van der Waals surface area contributed by atoms with E-state index in [1.807, 2.05) is 19.9 Å². The lowest BCUT2D eigenvalue weighted by molar-refractivity contribution is 0.0955. The highest BCUT2D eigenvalue weighted by Gasteiger charge is 2.06. The lowest BCUT2D eigenvalue weighted by Gasteiger charge is -2.13. The molecule has 2 aromatic rings. The Hall–Kier alpha value is -2.40. The molecule has 0 saturated carbocycles. The van der Waals surface area contributed by atoms with Crippen LogP contribution in [0.2, 0.25) is 5.02 Å². The van der Waals surface area contributed by atoms with Crippen LogP contribution in [-0.2, 0) is 0 Å². The Morgan fingerprint density at radius 1 is 1.39 bits per heavy atom. The van der Waals surface area contributed by atoms with Crippen LogP contribution in [0.5, 0.6) is 5.75 Å². The number of aromatic nitrogens is 1. The zero-order valence-electron chi connectivity index (χ0n) is 13.0. The van der Waals surface area contributed by atoms with Gasteiger partial charge >= 0.3 is 0 Å². The van der Waals surface area contributed by atoms with E-state index >= 15 is 0 Å². The highest BCUT2D eigenvalue weighted by Crippen LogP contribution is 2.26. The Morgan fingerprint density at radius 2 is 2.13 bits per heavy atom. The maximum absolute atomic E-state index is 11.8. The minimum absolute atomic E-state index is 0.103. The van der Waals surface area contributed by atoms with Crippen molar-refractivity contribution < 1.29 is 9.53 Å². The summed E-state index contributed by atoms with van der Waals surface area (Å²) in [4.78, 5) is 15.7. The van der Waals surface area contributed by atoms with E-state index in [1.54, 1.807) is 36.7 Å². The summed E-state index contributed by atoms with van der Waals surface area (Å²) in [5.74, 6) is 0.338. The lowest BCUT2D eigenvalue weighted by Crippen LogP contribution is -2.17. The van der Waals surface area contributed by atoms with Crippen molar-refractivity contribution in [1.82, 2.24) is 10.4 Å². The quantitative estimate of drug-likeness (QED) is 0.648. The first kappa shape index (κ1) is 17.0. The lowest BCUT2D eigenvalue weighted by atomic mass is 10.2. The van der Waals surface area contributed by atoms with Crippen molar-refractivity contribution in [3.05, 3.63) is 58.9 Å². The fraction of sp³-hybridized carbons (Fsp3) is 0.235. The average molecular weight is 332 g/mol. The highest BCUT2D eigenvalue weighted by molar-refractivity contribution is 6.32. The third-order valence-electron chi connectivity index (χ3n) is 3.18. The molecule has 6 heteroatoms. The second-order valence-corrected chi connectivity index (χ2v) is 5.37. The molecule has 0 saturated heterocycles. The molecular formula is C17H18ClN3O2. The first-order valence-corrected chi connectivity index (χ1v) is 7.67. The fourth-order valence-corrected chi connectivity index (χ4v) is 1.96. The zero-order valence-corrected chi connectivity index (χ0v) is 13.7. The maximum atomic E-state index is 11.8. The first-order chi connectivity index (χ1) is 11.1. The molecule has 0 radical (unpaired) electrons. The first-order valence-electron chi connectivity index (χ1n) is 7.29. The van der Waals surface area contributed by atoms with Crippen LogP contribution in [0.1, 0.15) is 36.2 Å². The summed E-state index contributed by atoms with van der Waals surface area (Å²) >= 11 is 6.19. The molecule has 120 valence electrons. The summed E-state index contributed by atoms with van der Waals surface area (Å²) in [7, 11) is 0. The second kappa shape index (κ2) is 8.29. The van der Waals surface area contributed by atoms with Gasteiger partial charge in [0.25, 0.3) is 5.91 Å². The summed E-state index contributed by atoms with van der Waals surface area (Å²) in [6, 6.07) is 8.58. The smallest absolute Gasteiger partial charge is 0.271 e. The molecule has 0 fully saturated rings. The molecule has 0 spiro atoms. The van der Waals surface area contributed by atoms with Crippen molar-refractivity contribution in [2.24, 2.45) is 5.10 Å². The monoisotopic (exact) mass is 331 g/mol. The Balaban J connectivity index is 1.97. The van der Waals surface area contributed by atoms with Crippen LogP contribution in [-0.4, -0.2) is 23.2 Å². The molecule has 1 atom stereocenters. The highest BCUT2D eigenvalue weighted by atomic mass is 35.5. The van der Waals surface area contributed by atoms with E-state index in [1.165, 1.54) is 6.21 Å². The fourth-order valence-electron chi connectivity index (χ4n) is 1.73. The summed E-state index contributed by atoms with van der Waals surface area (Å²) in [6.07, 6.45) is 5.63. The molecule has 5 nitrogen and oxygen atoms in total. The Labute approximate surface area is 140 Å². The number of ether oxygens (including phenoxy) is 1. The van der Waals surface area contributed by atoms with E-state index < -0.39 is 0 Å². The predicted octanol–water partition coefficient (Wildman–Crippen LogP) is 3.68. The topological polar surface area (TPSA) is 63.6 Å². The number of hydrazone groups is 1. The van der Waals surface area contributed by atoms with Gasteiger partial charge < -0.3 is 4.74 Å². The van der Waals surface area contributed by atoms with Gasteiger partial charge in [0.05, 0.1) is 17.3 Å². The van der Waals surface area contributed by atoms with Gasteiger partial charge in [-0.25, -0.2) is 5.43 Å². The largest absolute Gasteiger partial charge is 0.489 e. The van der Waals surface area contributed by atoms with Crippen LogP contribution < -0.4 is 10.2 Å². The van der Waals surface area contributed by atoms with E-state index in [9.17, 15) is 4.79 Å². The molecule has 1 N–H and O–H groups in total. The van der Waals surface area contributed by atoms with E-state index in [2.05, 4.69) is 15.5 Å². The Bertz CT molecular complexity index is 689. The van der Waals surface area contributed by atoms with E-state index in [-0.39, 0.29) is 12.0 Å². The standard InChI is InChI=1S/C17H18ClN3O2/c1-3-12(2)23-16-5-4-13(10-15(16)18)11-20-21-17(22)14-6-8-19-9-7-14/h4-12H,3H2,1-2H3,(H,21,22)/b20-11-/t12-/m0/s1. The van der Waals surface area contributed by atoms with Gasteiger partial charge in [0, 0.05) is 18.0 Å². The van der Waals surface area contributed by atoms with Crippen molar-refractivity contribution in [2.75, 3.05) is 0 Å². The van der Waals surface area contributed by atoms with E-state index in [4.69, 9.17) is 16.3 Å². The van der Waals surface area contributed by atoms with E-state index in [0.29, 0.717) is 16.3 Å². The molecule has 1 amide bonds. The number of pyridine rings is 1. The number of rotatable bonds is 6. The summed E-state index contributed by atoms with van der Waals surface area (Å²) < 4.78 is 5.70. The third-order valence-corrected chi connectivity index (χ3v) is 3.48. The second-order valence-electron chi connectivity index (χ2n) is 4.96. The van der Waals surface area contributed by atoms with Crippen LogP contribution in [0, 0.1) is 0 Å². The summed E-state index contributed by atoms with van der Waals surface area (Å²) in [5, 5.41) is 4.43. The number of benzene rings is 1. The normalized spacial score (nSPS) is 12.1. The number of nitrogens with zero attached hydrogens (tertiary/aromatic N) is 2. The minimum atomic E-state index is -0.300. The molecule has 0 aliphatic heterocycles. The van der Waals surface area contributed by atoms with Crippen molar-refractivity contribution in [3.63, 3.8) is 0 Å². The van der Waals surface area contributed by atoms with Crippen molar-refractivity contribution in [3.8, 4) is 5.75 Å². The number of hydrogen-bond acceptors (Lipinski definition) is 4. The number of nitrogens with one attached hydrogen (secondary N) is 1. The number of carbonyl (C=O) groups excluding carboxylic acids is 1. The Morgan fingerprint density at radius 3 is 2.78 bits per heavy atom. The molecule has 0 bridgehead atoms. The average Bonchev–Trinajstić information content (AvgIpc) is 2.57. The summed E-state index contributed by atoms with van der Waals surface area (Å²) in [6.45, 7) is 4.03. The Kier molecular flexibility index (Phi) is 6.11. The third kappa shape index (κ3) is 5.07. The SMILES string of the molecule is CC[C@H](C)Oc1ccc(/C=N\NC(=O)c2ccncc2)cc1Cl. The van der Waals surface area contributed by atoms with Gasteiger partial charge in [0.2, 0.25) is 0 Å². The summed E-state index contributed by atoms with van der Waals surface area (Å²) in [5.41, 5.74) is 3.71. The minimum Gasteiger partial charge on any atom is -0.489 e. The van der Waals surface area contributed by atoms with Crippen LogP contribution >= 0.6 is 11.6 Å². The van der Waals surface area contributed by atoms with Gasteiger partial charge in [-0.3, -0.25) is 9.78 Å². The number of halogens is 1. The predicted molar refractivity (Wildman–Crippen MR) is 91.1 cm³/mol. The van der Waals surface area contributed by atoms with Crippen molar-refractivity contribution in [1.29, 1.82) is 0 Å². The van der Waals surface area contributed by atoms with Crippen LogP contribution in [0.3, 0.4) is 0 Å². The molecular weight excluding hydrogens is 314 g/mol. The molecule has 0 unspecified atom stereocenters. The number of carbonyl (C=O) groups is 1. The van der Waals surface area contributed by atoms with Gasteiger partial charge in [-0.05, 0) is 49.2 Å². The van der Waals surface area contributed by atoms with Crippen molar-refractivity contribution >= 4 is 23.7 Å². The molecule has 2 rings (SSSR count). The maximum Gasteiger partial charge on any atom is 0.271 e. The van der Waals surface area contributed by atoms with Crippen LogP contribution in [0.25, 0.3) is 0 Å². The zero-order chi connectivity index (χ0) is 16.7. The van der Waals surface area contributed by atoms with E-state index in [0.717, 1.165) is 12.0 Å². The van der Waals surface area contributed by atoms with Crippen LogP contribution in [0.4, 0.5) is 0 Å². The van der Waals surface area contributed by atoms with Gasteiger partial charge in [0.1, 0.15) is 5.75 Å². The molecule has 0 aliphatic carbocycles. The molecule has 1 aromatic heterocycles. The van der Waals surface area contributed by atoms with Gasteiger partial charge in [-0.15, -0.1) is 0 Å². The van der Waals surface area contributed by atoms with Gasteiger partial charge in [-0.2, -0.15) is 5.10 Å². The van der Waals surface area contributed by atoms with Gasteiger partial charge in [-0.1, -0.05) is 18.5 Å². The van der Waals surface area contributed by atoms with Crippen LogP contribution in [0.15, 0.2) is 47.8 Å².